The van der Waals surface area contributed by atoms with Gasteiger partial charge in [0.2, 0.25) is 0 Å². The van der Waals surface area contributed by atoms with E-state index in [2.05, 4.69) is 5.32 Å². The number of esters is 1. The zero-order valence-electron chi connectivity index (χ0n) is 15.8. The van der Waals surface area contributed by atoms with Gasteiger partial charge >= 0.3 is 5.97 Å². The Morgan fingerprint density at radius 2 is 1.93 bits per heavy atom. The summed E-state index contributed by atoms with van der Waals surface area (Å²) >= 11 is 6.01. The molecule has 0 spiro atoms. The molecule has 29 heavy (non-hydrogen) atoms. The summed E-state index contributed by atoms with van der Waals surface area (Å²) < 4.78 is 5.00. The van der Waals surface area contributed by atoms with Gasteiger partial charge in [-0.05, 0) is 49.6 Å². The number of rotatable bonds is 6. The Bertz CT molecular complexity index is 957. The number of nitro benzene ring substituents is 1. The number of nitrogens with zero attached hydrogens (tertiary/aromatic N) is 2. The molecule has 3 rings (SSSR count). The molecule has 0 unspecified atom stereocenters. The first-order valence-corrected chi connectivity index (χ1v) is 9.49. The zero-order chi connectivity index (χ0) is 21.0. The molecule has 2 aromatic rings. The van der Waals surface area contributed by atoms with Crippen LogP contribution in [0.4, 0.5) is 17.1 Å². The Balaban J connectivity index is 1.63. The Morgan fingerprint density at radius 3 is 2.59 bits per heavy atom. The molecular formula is C20H20ClN3O5. The van der Waals surface area contributed by atoms with Crippen LogP contribution < -0.4 is 10.2 Å². The third-order valence-electron chi connectivity index (χ3n) is 4.64. The maximum atomic E-state index is 12.2. The van der Waals surface area contributed by atoms with Gasteiger partial charge in [-0.25, -0.2) is 4.79 Å². The van der Waals surface area contributed by atoms with E-state index in [1.54, 1.807) is 24.3 Å². The van der Waals surface area contributed by atoms with E-state index in [1.807, 2.05) is 11.8 Å². The molecule has 1 saturated heterocycles. The number of carbonyl (C=O) groups is 2. The van der Waals surface area contributed by atoms with Gasteiger partial charge in [0.05, 0.1) is 10.5 Å². The number of hydrogen-bond acceptors (Lipinski definition) is 6. The van der Waals surface area contributed by atoms with Gasteiger partial charge in [-0.2, -0.15) is 0 Å². The molecule has 9 heteroatoms. The molecule has 2 aromatic carbocycles. The van der Waals surface area contributed by atoms with E-state index in [1.165, 1.54) is 12.1 Å². The number of nitro groups is 1. The van der Waals surface area contributed by atoms with E-state index in [0.29, 0.717) is 16.4 Å². The lowest BCUT2D eigenvalue weighted by molar-refractivity contribution is -0.384. The van der Waals surface area contributed by atoms with Gasteiger partial charge in [-0.1, -0.05) is 17.7 Å². The number of amides is 1. The molecule has 1 aliphatic heterocycles. The van der Waals surface area contributed by atoms with E-state index in [9.17, 15) is 19.7 Å². The zero-order valence-corrected chi connectivity index (χ0v) is 16.6. The van der Waals surface area contributed by atoms with Crippen molar-refractivity contribution in [1.29, 1.82) is 0 Å². The van der Waals surface area contributed by atoms with Crippen molar-refractivity contribution in [2.75, 3.05) is 29.9 Å². The quantitative estimate of drug-likeness (QED) is 0.433. The maximum Gasteiger partial charge on any atom is 0.338 e. The number of benzene rings is 2. The summed E-state index contributed by atoms with van der Waals surface area (Å²) in [6.07, 6.45) is 1.95. The Kier molecular flexibility index (Phi) is 6.33. The molecule has 0 saturated carbocycles. The van der Waals surface area contributed by atoms with Gasteiger partial charge in [0, 0.05) is 29.9 Å². The third kappa shape index (κ3) is 5.03. The molecule has 0 radical (unpaired) electrons. The fourth-order valence-corrected chi connectivity index (χ4v) is 3.28. The molecular weight excluding hydrogens is 398 g/mol. The average Bonchev–Trinajstić information content (AvgIpc) is 3.23. The number of carbonyl (C=O) groups excluding carboxylic acids is 2. The van der Waals surface area contributed by atoms with Crippen LogP contribution in [-0.4, -0.2) is 36.5 Å². The normalized spacial score (nSPS) is 13.2. The Labute approximate surface area is 172 Å². The van der Waals surface area contributed by atoms with Crippen molar-refractivity contribution in [3.63, 3.8) is 0 Å². The minimum atomic E-state index is -0.807. The largest absolute Gasteiger partial charge is 0.452 e. The lowest BCUT2D eigenvalue weighted by atomic mass is 10.1. The molecule has 8 nitrogen and oxygen atoms in total. The van der Waals surface area contributed by atoms with Crippen LogP contribution in [0.25, 0.3) is 0 Å². The van der Waals surface area contributed by atoms with Gasteiger partial charge in [-0.3, -0.25) is 14.9 Å². The minimum Gasteiger partial charge on any atom is -0.452 e. The molecule has 0 aliphatic carbocycles. The third-order valence-corrected chi connectivity index (χ3v) is 5.05. The molecule has 0 aromatic heterocycles. The maximum absolute atomic E-state index is 12.2. The Morgan fingerprint density at radius 1 is 1.21 bits per heavy atom. The highest BCUT2D eigenvalue weighted by Crippen LogP contribution is 2.31. The Hall–Kier alpha value is -3.13. The highest BCUT2D eigenvalue weighted by molar-refractivity contribution is 6.31. The van der Waals surface area contributed by atoms with Crippen LogP contribution in [0, 0.1) is 17.0 Å². The number of anilines is 2. The second kappa shape index (κ2) is 8.91. The van der Waals surface area contributed by atoms with Crippen molar-refractivity contribution in [3.05, 3.63) is 62.7 Å². The van der Waals surface area contributed by atoms with Crippen LogP contribution in [0.3, 0.4) is 0 Å². The molecule has 1 N–H and O–H groups in total. The van der Waals surface area contributed by atoms with Crippen molar-refractivity contribution in [2.24, 2.45) is 0 Å². The van der Waals surface area contributed by atoms with E-state index < -0.39 is 23.4 Å². The monoisotopic (exact) mass is 417 g/mol. The highest BCUT2D eigenvalue weighted by atomic mass is 35.5. The van der Waals surface area contributed by atoms with Crippen LogP contribution >= 0.6 is 11.6 Å². The van der Waals surface area contributed by atoms with Gasteiger partial charge in [0.1, 0.15) is 5.69 Å². The van der Waals surface area contributed by atoms with E-state index >= 15 is 0 Å². The summed E-state index contributed by atoms with van der Waals surface area (Å²) in [6.45, 7) is 2.80. The standard InChI is InChI=1S/C20H20ClN3O5/c1-13-4-6-15(11-16(13)21)22-19(25)12-29-20(26)14-5-7-17(18(10-14)24(27)28)23-8-2-3-9-23/h4-7,10-11H,2-3,8-9,12H2,1H3,(H,22,25). The summed E-state index contributed by atoms with van der Waals surface area (Å²) in [4.78, 5) is 37.1. The number of nitrogens with one attached hydrogen (secondary N) is 1. The summed E-state index contributed by atoms with van der Waals surface area (Å²) in [7, 11) is 0. The molecule has 0 atom stereocenters. The van der Waals surface area contributed by atoms with Crippen LogP contribution in [0.5, 0.6) is 0 Å². The van der Waals surface area contributed by atoms with Crippen LogP contribution in [-0.2, 0) is 9.53 Å². The number of halogens is 1. The van der Waals surface area contributed by atoms with Crippen molar-refractivity contribution in [1.82, 2.24) is 0 Å². The number of hydrogen-bond donors (Lipinski definition) is 1. The first kappa shape index (κ1) is 20.6. The summed E-state index contributed by atoms with van der Waals surface area (Å²) in [5.74, 6) is -1.35. The van der Waals surface area contributed by atoms with Crippen LogP contribution in [0.2, 0.25) is 5.02 Å². The second-order valence-electron chi connectivity index (χ2n) is 6.74. The smallest absolute Gasteiger partial charge is 0.338 e. The fourth-order valence-electron chi connectivity index (χ4n) is 3.10. The summed E-state index contributed by atoms with van der Waals surface area (Å²) in [6, 6.07) is 9.24. The molecule has 1 heterocycles. The number of ether oxygens (including phenoxy) is 1. The van der Waals surface area contributed by atoms with E-state index in [4.69, 9.17) is 16.3 Å². The molecule has 152 valence electrons. The lowest BCUT2D eigenvalue weighted by Gasteiger charge is -2.17. The molecule has 1 amide bonds. The van der Waals surface area contributed by atoms with Crippen LogP contribution in [0.1, 0.15) is 28.8 Å². The van der Waals surface area contributed by atoms with E-state index in [0.717, 1.165) is 31.5 Å². The van der Waals surface area contributed by atoms with E-state index in [-0.39, 0.29) is 11.3 Å². The van der Waals surface area contributed by atoms with Crippen LogP contribution in [0.15, 0.2) is 36.4 Å². The lowest BCUT2D eigenvalue weighted by Crippen LogP contribution is -2.21. The van der Waals surface area contributed by atoms with Gasteiger partial charge < -0.3 is 15.0 Å². The van der Waals surface area contributed by atoms with Crippen molar-refractivity contribution in [2.45, 2.75) is 19.8 Å². The molecule has 1 fully saturated rings. The van der Waals surface area contributed by atoms with Gasteiger partial charge in [0.25, 0.3) is 11.6 Å². The summed E-state index contributed by atoms with van der Waals surface area (Å²) in [5.41, 5.74) is 1.70. The minimum absolute atomic E-state index is 0.0193. The van der Waals surface area contributed by atoms with Crippen molar-refractivity contribution < 1.29 is 19.2 Å². The molecule has 1 aliphatic rings. The van der Waals surface area contributed by atoms with Crippen molar-refractivity contribution in [3.8, 4) is 0 Å². The highest BCUT2D eigenvalue weighted by Gasteiger charge is 2.24. The van der Waals surface area contributed by atoms with Gasteiger partial charge in [0.15, 0.2) is 6.61 Å². The predicted molar refractivity (Wildman–Crippen MR) is 110 cm³/mol. The van der Waals surface area contributed by atoms with Gasteiger partial charge in [-0.15, -0.1) is 0 Å². The first-order chi connectivity index (χ1) is 13.8. The second-order valence-corrected chi connectivity index (χ2v) is 7.15. The summed E-state index contributed by atoms with van der Waals surface area (Å²) in [5, 5.41) is 14.5. The topological polar surface area (TPSA) is 102 Å². The average molecular weight is 418 g/mol. The van der Waals surface area contributed by atoms with Crippen molar-refractivity contribution >= 4 is 40.5 Å². The SMILES string of the molecule is Cc1ccc(NC(=O)COC(=O)c2ccc(N3CCCC3)c([N+](=O)[O-])c2)cc1Cl. The first-order valence-electron chi connectivity index (χ1n) is 9.11. The predicted octanol–water partition coefficient (Wildman–Crippen LogP) is 3.95. The number of aryl methyl sites for hydroxylation is 1. The molecule has 0 bridgehead atoms. The fraction of sp³-hybridized carbons (Fsp3) is 0.300.